The molecule has 2 aliphatic rings. The zero-order valence-electron chi connectivity index (χ0n) is 13.4. The van der Waals surface area contributed by atoms with Crippen LogP contribution in [0.25, 0.3) is 0 Å². The zero-order valence-corrected chi connectivity index (χ0v) is 15.8. The Morgan fingerprint density at radius 2 is 2.04 bits per heavy atom. The summed E-state index contributed by atoms with van der Waals surface area (Å²) in [4.78, 5) is 28.4. The van der Waals surface area contributed by atoms with E-state index in [0.717, 1.165) is 39.9 Å². The van der Waals surface area contributed by atoms with Gasteiger partial charge in [-0.2, -0.15) is 0 Å². The van der Waals surface area contributed by atoms with Crippen molar-refractivity contribution in [1.82, 2.24) is 9.80 Å². The van der Waals surface area contributed by atoms with E-state index in [2.05, 4.69) is 22.5 Å². The standard InChI is InChI=1S/C18H20BrClN2O2/c1-2-17(23)21-8-3-4-12(10-21)18(24)22-9-7-13-14(11-22)15(19)5-6-16(13)20/h2,5-6,12H,1,3-4,7-11H2. The van der Waals surface area contributed by atoms with Crippen LogP contribution < -0.4 is 0 Å². The first-order valence-corrected chi connectivity index (χ1v) is 9.34. The number of hydrogen-bond donors (Lipinski definition) is 0. The molecule has 4 nitrogen and oxygen atoms in total. The summed E-state index contributed by atoms with van der Waals surface area (Å²) in [6.07, 6.45) is 3.78. The zero-order chi connectivity index (χ0) is 17.3. The Morgan fingerprint density at radius 1 is 1.25 bits per heavy atom. The van der Waals surface area contributed by atoms with Crippen LogP contribution in [-0.2, 0) is 22.6 Å². The summed E-state index contributed by atoms with van der Waals surface area (Å²) in [5, 5.41) is 0.765. The van der Waals surface area contributed by atoms with E-state index in [1.165, 1.54) is 6.08 Å². The van der Waals surface area contributed by atoms with Crippen LogP contribution in [0, 0.1) is 5.92 Å². The molecule has 2 aliphatic heterocycles. The minimum atomic E-state index is -0.123. The van der Waals surface area contributed by atoms with E-state index < -0.39 is 0 Å². The molecule has 0 bridgehead atoms. The van der Waals surface area contributed by atoms with Crippen LogP contribution in [0.2, 0.25) is 5.02 Å². The fourth-order valence-corrected chi connectivity index (χ4v) is 4.32. The lowest BCUT2D eigenvalue weighted by atomic mass is 9.94. The second-order valence-electron chi connectivity index (χ2n) is 6.32. The monoisotopic (exact) mass is 410 g/mol. The summed E-state index contributed by atoms with van der Waals surface area (Å²) in [5.41, 5.74) is 2.22. The number of carbonyl (C=O) groups is 2. The van der Waals surface area contributed by atoms with Gasteiger partial charge in [0.2, 0.25) is 11.8 Å². The highest BCUT2D eigenvalue weighted by Crippen LogP contribution is 2.33. The maximum atomic E-state index is 12.9. The number of fused-ring (bicyclic) bond motifs is 1. The predicted molar refractivity (Wildman–Crippen MR) is 97.8 cm³/mol. The van der Waals surface area contributed by atoms with Crippen molar-refractivity contribution in [3.63, 3.8) is 0 Å². The molecule has 0 N–H and O–H groups in total. The third kappa shape index (κ3) is 3.38. The minimum Gasteiger partial charge on any atom is -0.338 e. The van der Waals surface area contributed by atoms with Crippen LogP contribution in [0.4, 0.5) is 0 Å². The van der Waals surface area contributed by atoms with Crippen LogP contribution in [0.3, 0.4) is 0 Å². The number of rotatable bonds is 2. The van der Waals surface area contributed by atoms with Gasteiger partial charge in [-0.25, -0.2) is 0 Å². The second kappa shape index (κ2) is 7.28. The number of likely N-dealkylation sites (tertiary alicyclic amines) is 1. The van der Waals surface area contributed by atoms with Crippen LogP contribution in [0.5, 0.6) is 0 Å². The summed E-state index contributed by atoms with van der Waals surface area (Å²) >= 11 is 9.85. The van der Waals surface area contributed by atoms with E-state index in [9.17, 15) is 9.59 Å². The smallest absolute Gasteiger partial charge is 0.245 e. The van der Waals surface area contributed by atoms with Crippen molar-refractivity contribution in [2.24, 2.45) is 5.92 Å². The Morgan fingerprint density at radius 3 is 2.79 bits per heavy atom. The number of carbonyl (C=O) groups excluding carboxylic acids is 2. The van der Waals surface area contributed by atoms with E-state index in [1.54, 1.807) is 4.90 Å². The lowest BCUT2D eigenvalue weighted by Gasteiger charge is -2.36. The van der Waals surface area contributed by atoms with Crippen LogP contribution in [0.15, 0.2) is 29.3 Å². The summed E-state index contributed by atoms with van der Waals surface area (Å²) in [6.45, 7) is 5.98. The van der Waals surface area contributed by atoms with Crippen molar-refractivity contribution >= 4 is 39.3 Å². The minimum absolute atomic E-state index is 0.0917. The molecule has 6 heteroatoms. The average molecular weight is 412 g/mol. The van der Waals surface area contributed by atoms with E-state index in [-0.39, 0.29) is 17.7 Å². The molecule has 0 aromatic heterocycles. The Kier molecular flexibility index (Phi) is 5.30. The number of piperidine rings is 1. The van der Waals surface area contributed by atoms with Crippen molar-refractivity contribution in [2.75, 3.05) is 19.6 Å². The summed E-state index contributed by atoms with van der Waals surface area (Å²) in [5.74, 6) is -0.0812. The van der Waals surface area contributed by atoms with Gasteiger partial charge in [0.15, 0.2) is 0 Å². The number of nitrogens with zero attached hydrogens (tertiary/aromatic N) is 2. The first-order valence-electron chi connectivity index (χ1n) is 8.17. The third-order valence-electron chi connectivity index (χ3n) is 4.87. The van der Waals surface area contributed by atoms with Gasteiger partial charge in [0.1, 0.15) is 0 Å². The Bertz CT molecular complexity index is 692. The average Bonchev–Trinajstić information content (AvgIpc) is 2.63. The highest BCUT2D eigenvalue weighted by Gasteiger charge is 2.32. The molecule has 1 atom stereocenters. The van der Waals surface area contributed by atoms with Crippen LogP contribution in [0.1, 0.15) is 24.0 Å². The van der Waals surface area contributed by atoms with Gasteiger partial charge in [-0.05, 0) is 48.6 Å². The Labute approximate surface area is 155 Å². The molecular formula is C18H20BrClN2O2. The molecule has 0 aliphatic carbocycles. The van der Waals surface area contributed by atoms with E-state index in [4.69, 9.17) is 11.6 Å². The van der Waals surface area contributed by atoms with Crippen molar-refractivity contribution in [1.29, 1.82) is 0 Å². The molecule has 3 rings (SSSR count). The molecule has 1 unspecified atom stereocenters. The summed E-state index contributed by atoms with van der Waals surface area (Å²) in [7, 11) is 0. The number of amides is 2. The topological polar surface area (TPSA) is 40.6 Å². The first-order chi connectivity index (χ1) is 11.5. The second-order valence-corrected chi connectivity index (χ2v) is 7.59. The molecule has 0 radical (unpaired) electrons. The van der Waals surface area contributed by atoms with Gasteiger partial charge in [-0.15, -0.1) is 0 Å². The van der Waals surface area contributed by atoms with Gasteiger partial charge in [-0.3, -0.25) is 9.59 Å². The van der Waals surface area contributed by atoms with Gasteiger partial charge in [-0.1, -0.05) is 34.1 Å². The quantitative estimate of drug-likeness (QED) is 0.700. The van der Waals surface area contributed by atoms with E-state index in [0.29, 0.717) is 26.2 Å². The fraction of sp³-hybridized carbons (Fsp3) is 0.444. The van der Waals surface area contributed by atoms with E-state index in [1.807, 2.05) is 17.0 Å². The van der Waals surface area contributed by atoms with Crippen molar-refractivity contribution < 1.29 is 9.59 Å². The molecule has 0 saturated carbocycles. The van der Waals surface area contributed by atoms with Crippen LogP contribution >= 0.6 is 27.5 Å². The molecule has 2 amide bonds. The molecular weight excluding hydrogens is 392 g/mol. The normalized spacial score (nSPS) is 20.5. The van der Waals surface area contributed by atoms with E-state index >= 15 is 0 Å². The predicted octanol–water partition coefficient (Wildman–Crippen LogP) is 3.41. The SMILES string of the molecule is C=CC(=O)N1CCCC(C(=O)N2CCc3c(Cl)ccc(Br)c3C2)C1. The highest BCUT2D eigenvalue weighted by atomic mass is 79.9. The Balaban J connectivity index is 1.73. The first kappa shape index (κ1) is 17.5. The number of hydrogen-bond acceptors (Lipinski definition) is 2. The van der Waals surface area contributed by atoms with Gasteiger partial charge < -0.3 is 9.80 Å². The molecule has 0 spiro atoms. The van der Waals surface area contributed by atoms with Gasteiger partial charge in [0.05, 0.1) is 5.92 Å². The van der Waals surface area contributed by atoms with Crippen molar-refractivity contribution in [3.05, 3.63) is 45.4 Å². The van der Waals surface area contributed by atoms with Gasteiger partial charge >= 0.3 is 0 Å². The molecule has 2 heterocycles. The lowest BCUT2D eigenvalue weighted by Crippen LogP contribution is -2.47. The molecule has 1 saturated heterocycles. The Hall–Kier alpha value is -1.33. The highest BCUT2D eigenvalue weighted by molar-refractivity contribution is 9.10. The molecule has 1 aromatic rings. The third-order valence-corrected chi connectivity index (χ3v) is 5.96. The van der Waals surface area contributed by atoms with Crippen LogP contribution in [-0.4, -0.2) is 41.2 Å². The molecule has 1 fully saturated rings. The lowest BCUT2D eigenvalue weighted by molar-refractivity contribution is -0.140. The fourth-order valence-electron chi connectivity index (χ4n) is 3.55. The van der Waals surface area contributed by atoms with Gasteiger partial charge in [0, 0.05) is 35.7 Å². The number of benzene rings is 1. The number of halogens is 2. The van der Waals surface area contributed by atoms with Crippen molar-refractivity contribution in [3.8, 4) is 0 Å². The molecule has 24 heavy (non-hydrogen) atoms. The largest absolute Gasteiger partial charge is 0.338 e. The maximum Gasteiger partial charge on any atom is 0.245 e. The van der Waals surface area contributed by atoms with Gasteiger partial charge in [0.25, 0.3) is 0 Å². The van der Waals surface area contributed by atoms with Crippen molar-refractivity contribution in [2.45, 2.75) is 25.8 Å². The summed E-state index contributed by atoms with van der Waals surface area (Å²) in [6, 6.07) is 3.82. The maximum absolute atomic E-state index is 12.9. The molecule has 1 aromatic carbocycles. The summed E-state index contributed by atoms with van der Waals surface area (Å²) < 4.78 is 0.992. The molecule has 128 valence electrons.